The summed E-state index contributed by atoms with van der Waals surface area (Å²) >= 11 is 0. The lowest BCUT2D eigenvalue weighted by atomic mass is 10.1. The minimum absolute atomic E-state index is 0.138. The molecule has 10 heteroatoms. The third-order valence-corrected chi connectivity index (χ3v) is 5.52. The molecule has 4 heterocycles. The van der Waals surface area contributed by atoms with Crippen molar-refractivity contribution in [3.05, 3.63) is 41.3 Å². The molecule has 0 atom stereocenters. The van der Waals surface area contributed by atoms with E-state index in [1.807, 2.05) is 18.3 Å². The number of morpholine rings is 1. The number of fused-ring (bicyclic) bond motifs is 1. The third-order valence-electron chi connectivity index (χ3n) is 5.52. The molecule has 3 aromatic rings. The van der Waals surface area contributed by atoms with Gasteiger partial charge < -0.3 is 14.5 Å². The Morgan fingerprint density at radius 1 is 1.16 bits per heavy atom. The van der Waals surface area contributed by atoms with Crippen LogP contribution in [0.5, 0.6) is 0 Å². The molecular formula is C21H27N7O3. The molecule has 1 saturated heterocycles. The van der Waals surface area contributed by atoms with Gasteiger partial charge >= 0.3 is 0 Å². The van der Waals surface area contributed by atoms with Gasteiger partial charge in [-0.15, -0.1) is 5.10 Å². The Balaban J connectivity index is 1.56. The normalized spacial score (nSPS) is 14.2. The van der Waals surface area contributed by atoms with Crippen LogP contribution in [0.3, 0.4) is 0 Å². The van der Waals surface area contributed by atoms with Gasteiger partial charge in [-0.1, -0.05) is 6.07 Å². The summed E-state index contributed by atoms with van der Waals surface area (Å²) in [4.78, 5) is 34.4. The first-order valence-corrected chi connectivity index (χ1v) is 10.5. The molecule has 0 aromatic carbocycles. The van der Waals surface area contributed by atoms with E-state index in [1.54, 1.807) is 16.5 Å². The van der Waals surface area contributed by atoms with Crippen LogP contribution in [-0.2, 0) is 18.2 Å². The fourth-order valence-corrected chi connectivity index (χ4v) is 3.79. The molecule has 10 nitrogen and oxygen atoms in total. The number of Topliss-reactive ketones (excluding diaryl/α,β-unsaturated/α-hetero) is 1. The summed E-state index contributed by atoms with van der Waals surface area (Å²) in [6.07, 6.45) is 3.43. The maximum atomic E-state index is 13.1. The average molecular weight is 425 g/mol. The molecule has 0 bridgehead atoms. The zero-order chi connectivity index (χ0) is 22.0. The number of aryl methyl sites for hydroxylation is 1. The van der Waals surface area contributed by atoms with E-state index in [9.17, 15) is 9.59 Å². The predicted molar refractivity (Wildman–Crippen MR) is 115 cm³/mol. The number of aromatic nitrogens is 5. The molecule has 0 unspecified atom stereocenters. The van der Waals surface area contributed by atoms with Crippen molar-refractivity contribution in [3.8, 4) is 0 Å². The summed E-state index contributed by atoms with van der Waals surface area (Å²) < 4.78 is 8.48. The number of ether oxygens (including phenoxy) is 1. The van der Waals surface area contributed by atoms with Gasteiger partial charge in [0.15, 0.2) is 11.4 Å². The smallest absolute Gasteiger partial charge is 0.257 e. The maximum absolute atomic E-state index is 13.1. The van der Waals surface area contributed by atoms with E-state index in [1.165, 1.54) is 10.9 Å². The molecule has 1 fully saturated rings. The summed E-state index contributed by atoms with van der Waals surface area (Å²) in [7, 11) is 1.68. The fourth-order valence-electron chi connectivity index (χ4n) is 3.79. The Kier molecular flexibility index (Phi) is 5.99. The minimum Gasteiger partial charge on any atom is -0.378 e. The largest absolute Gasteiger partial charge is 0.378 e. The molecule has 31 heavy (non-hydrogen) atoms. The van der Waals surface area contributed by atoms with Gasteiger partial charge in [0.2, 0.25) is 5.95 Å². The molecule has 0 aliphatic carbocycles. The number of hydrogen-bond acceptors (Lipinski definition) is 7. The zero-order valence-corrected chi connectivity index (χ0v) is 18.1. The van der Waals surface area contributed by atoms with E-state index in [4.69, 9.17) is 4.74 Å². The van der Waals surface area contributed by atoms with Crippen molar-refractivity contribution in [2.75, 3.05) is 44.3 Å². The van der Waals surface area contributed by atoms with Gasteiger partial charge in [0, 0.05) is 45.8 Å². The Morgan fingerprint density at radius 2 is 1.90 bits per heavy atom. The Hall–Kier alpha value is -3.27. The second kappa shape index (κ2) is 8.84. The highest BCUT2D eigenvalue weighted by atomic mass is 16.5. The van der Waals surface area contributed by atoms with E-state index < -0.39 is 0 Å². The lowest BCUT2D eigenvalue weighted by Gasteiger charge is -2.26. The monoisotopic (exact) mass is 425 g/mol. The maximum Gasteiger partial charge on any atom is 0.257 e. The summed E-state index contributed by atoms with van der Waals surface area (Å²) in [5.41, 5.74) is 2.17. The van der Waals surface area contributed by atoms with E-state index in [-0.39, 0.29) is 18.1 Å². The van der Waals surface area contributed by atoms with Crippen molar-refractivity contribution < 1.29 is 14.3 Å². The third kappa shape index (κ3) is 4.15. The molecule has 1 aliphatic rings. The van der Waals surface area contributed by atoms with Crippen molar-refractivity contribution in [1.29, 1.82) is 0 Å². The average Bonchev–Trinajstić information content (AvgIpc) is 3.37. The summed E-state index contributed by atoms with van der Waals surface area (Å²) in [5, 5.41) is 8.71. The molecule has 0 spiro atoms. The summed E-state index contributed by atoms with van der Waals surface area (Å²) in [6, 6.07) is 3.72. The van der Waals surface area contributed by atoms with Crippen molar-refractivity contribution in [2.24, 2.45) is 7.05 Å². The van der Waals surface area contributed by atoms with Gasteiger partial charge in [-0.3, -0.25) is 14.3 Å². The highest BCUT2D eigenvalue weighted by molar-refractivity contribution is 6.07. The van der Waals surface area contributed by atoms with Crippen LogP contribution in [0.15, 0.2) is 24.5 Å². The van der Waals surface area contributed by atoms with Crippen molar-refractivity contribution >= 4 is 23.3 Å². The Bertz CT molecular complexity index is 1090. The van der Waals surface area contributed by atoms with Gasteiger partial charge in [0.25, 0.3) is 5.91 Å². The highest BCUT2D eigenvalue weighted by Gasteiger charge is 2.27. The van der Waals surface area contributed by atoms with Crippen LogP contribution in [0.2, 0.25) is 0 Å². The van der Waals surface area contributed by atoms with Gasteiger partial charge in [-0.05, 0) is 25.5 Å². The zero-order valence-electron chi connectivity index (χ0n) is 18.1. The Morgan fingerprint density at radius 3 is 2.61 bits per heavy atom. The van der Waals surface area contributed by atoms with Crippen LogP contribution in [0, 0.1) is 0 Å². The van der Waals surface area contributed by atoms with Crippen LogP contribution >= 0.6 is 0 Å². The molecule has 0 saturated carbocycles. The lowest BCUT2D eigenvalue weighted by molar-refractivity contribution is 0.0301. The highest BCUT2D eigenvalue weighted by Crippen LogP contribution is 2.17. The molecule has 1 amide bonds. The SMILES string of the molecule is CCN(CC)c1nc2ccc(CC(=O)c3c(C(=O)N4CCOCC4)cnn3C)cn2n1. The van der Waals surface area contributed by atoms with Crippen LogP contribution in [0.25, 0.3) is 5.65 Å². The van der Waals surface area contributed by atoms with Gasteiger partial charge in [-0.2, -0.15) is 10.1 Å². The number of rotatable bonds is 7. The van der Waals surface area contributed by atoms with Crippen LogP contribution < -0.4 is 4.90 Å². The fraction of sp³-hybridized carbons (Fsp3) is 0.476. The second-order valence-electron chi connectivity index (χ2n) is 7.46. The van der Waals surface area contributed by atoms with Gasteiger partial charge in [0.1, 0.15) is 5.69 Å². The predicted octanol–water partition coefficient (Wildman–Crippen LogP) is 1.21. The lowest BCUT2D eigenvalue weighted by Crippen LogP contribution is -2.41. The van der Waals surface area contributed by atoms with Gasteiger partial charge in [0.05, 0.1) is 25.0 Å². The number of anilines is 1. The molecule has 164 valence electrons. The Labute approximate surface area is 180 Å². The van der Waals surface area contributed by atoms with Crippen LogP contribution in [-0.4, -0.2) is 80.4 Å². The van der Waals surface area contributed by atoms with Crippen molar-refractivity contribution in [3.63, 3.8) is 0 Å². The number of hydrogen-bond donors (Lipinski definition) is 0. The summed E-state index contributed by atoms with van der Waals surface area (Å²) in [5.74, 6) is 0.314. The molecular weight excluding hydrogens is 398 g/mol. The first-order valence-electron chi connectivity index (χ1n) is 10.5. The van der Waals surface area contributed by atoms with E-state index in [0.29, 0.717) is 43.5 Å². The number of ketones is 1. The number of pyridine rings is 1. The van der Waals surface area contributed by atoms with E-state index in [2.05, 4.69) is 33.9 Å². The van der Waals surface area contributed by atoms with Crippen LogP contribution in [0.4, 0.5) is 5.95 Å². The van der Waals surface area contributed by atoms with E-state index in [0.717, 1.165) is 24.3 Å². The molecule has 1 aliphatic heterocycles. The number of nitrogens with zero attached hydrogens (tertiary/aromatic N) is 7. The quantitative estimate of drug-likeness (QED) is 0.525. The number of carbonyl (C=O) groups excluding carboxylic acids is 2. The topological polar surface area (TPSA) is 97.9 Å². The molecule has 4 rings (SSSR count). The van der Waals surface area contributed by atoms with Crippen LogP contribution in [0.1, 0.15) is 40.3 Å². The molecule has 0 N–H and O–H groups in total. The standard InChI is InChI=1S/C21H27N7O3/c1-4-26(5-2)21-23-18-7-6-15(14-28(18)24-21)12-17(29)19-16(13-22-25(19)3)20(30)27-8-10-31-11-9-27/h6-7,13-14H,4-5,8-12H2,1-3H3. The minimum atomic E-state index is -0.185. The van der Waals surface area contributed by atoms with Gasteiger partial charge in [-0.25, -0.2) is 4.52 Å². The van der Waals surface area contributed by atoms with Crippen molar-refractivity contribution in [1.82, 2.24) is 29.3 Å². The first kappa shape index (κ1) is 21.0. The van der Waals surface area contributed by atoms with E-state index >= 15 is 0 Å². The number of carbonyl (C=O) groups is 2. The summed E-state index contributed by atoms with van der Waals surface area (Å²) in [6.45, 7) is 7.79. The number of amides is 1. The molecule has 3 aromatic heterocycles. The second-order valence-corrected chi connectivity index (χ2v) is 7.46. The van der Waals surface area contributed by atoms with Crippen molar-refractivity contribution in [2.45, 2.75) is 20.3 Å². The molecule has 0 radical (unpaired) electrons. The first-order chi connectivity index (χ1) is 15.0.